The predicted octanol–water partition coefficient (Wildman–Crippen LogP) is 2.43. The Kier molecular flexibility index (Phi) is 3.06. The number of methoxy groups -OCH3 is 1. The first-order valence-electron chi connectivity index (χ1n) is 6.48. The van der Waals surface area contributed by atoms with E-state index in [1.165, 1.54) is 11.1 Å². The first-order chi connectivity index (χ1) is 9.69. The smallest absolute Gasteiger partial charge is 0.254 e. The molecule has 1 aliphatic rings. The van der Waals surface area contributed by atoms with Gasteiger partial charge >= 0.3 is 0 Å². The predicted molar refractivity (Wildman–Crippen MR) is 77.4 cm³/mol. The lowest BCUT2D eigenvalue weighted by Gasteiger charge is -2.16. The van der Waals surface area contributed by atoms with Crippen LogP contribution < -0.4 is 10.5 Å². The lowest BCUT2D eigenvalue weighted by Crippen LogP contribution is -2.25. The Bertz CT molecular complexity index is 642. The summed E-state index contributed by atoms with van der Waals surface area (Å²) >= 11 is 0. The van der Waals surface area contributed by atoms with E-state index in [9.17, 15) is 4.79 Å². The van der Waals surface area contributed by atoms with Gasteiger partial charge in [-0.3, -0.25) is 4.79 Å². The number of nitrogen functional groups attached to an aromatic ring is 1. The van der Waals surface area contributed by atoms with Crippen molar-refractivity contribution in [2.45, 2.75) is 13.1 Å². The fourth-order valence-electron chi connectivity index (χ4n) is 2.53. The highest BCUT2D eigenvalue weighted by Crippen LogP contribution is 2.26. The Morgan fingerprint density at radius 1 is 1.15 bits per heavy atom. The molecule has 2 aromatic carbocycles. The lowest BCUT2D eigenvalue weighted by molar-refractivity contribution is 0.0751. The molecule has 0 saturated carbocycles. The van der Waals surface area contributed by atoms with Gasteiger partial charge < -0.3 is 15.4 Å². The summed E-state index contributed by atoms with van der Waals surface area (Å²) in [7, 11) is 1.56. The molecular weight excluding hydrogens is 252 g/mol. The zero-order chi connectivity index (χ0) is 14.1. The largest absolute Gasteiger partial charge is 0.495 e. The molecule has 102 valence electrons. The van der Waals surface area contributed by atoms with Crippen molar-refractivity contribution in [1.82, 2.24) is 4.90 Å². The summed E-state index contributed by atoms with van der Waals surface area (Å²) in [6.45, 7) is 1.31. The van der Waals surface area contributed by atoms with Crippen LogP contribution in [0.25, 0.3) is 0 Å². The number of nitrogens with zero attached hydrogens (tertiary/aromatic N) is 1. The molecule has 4 heteroatoms. The molecule has 1 heterocycles. The molecule has 0 spiro atoms. The van der Waals surface area contributed by atoms with Gasteiger partial charge in [0.2, 0.25) is 0 Å². The number of carbonyl (C=O) groups excluding carboxylic acids is 1. The van der Waals surface area contributed by atoms with Crippen LogP contribution in [0, 0.1) is 0 Å². The van der Waals surface area contributed by atoms with Crippen LogP contribution in [-0.4, -0.2) is 17.9 Å². The van der Waals surface area contributed by atoms with Gasteiger partial charge in [0.25, 0.3) is 5.91 Å². The highest BCUT2D eigenvalue weighted by Gasteiger charge is 2.24. The number of rotatable bonds is 2. The first kappa shape index (κ1) is 12.5. The number of benzene rings is 2. The Balaban J connectivity index is 1.83. The molecule has 0 bridgehead atoms. The number of ether oxygens (including phenoxy) is 1. The van der Waals surface area contributed by atoms with Gasteiger partial charge in [-0.05, 0) is 29.3 Å². The number of carbonyl (C=O) groups is 1. The molecule has 2 aromatic rings. The van der Waals surface area contributed by atoms with E-state index in [0.717, 1.165) is 0 Å². The molecule has 0 aromatic heterocycles. The second kappa shape index (κ2) is 4.89. The van der Waals surface area contributed by atoms with Crippen LogP contribution in [0.15, 0.2) is 42.5 Å². The Hall–Kier alpha value is -2.49. The first-order valence-corrected chi connectivity index (χ1v) is 6.48. The number of fused-ring (bicyclic) bond motifs is 1. The van der Waals surface area contributed by atoms with Crippen molar-refractivity contribution in [3.63, 3.8) is 0 Å². The van der Waals surface area contributed by atoms with E-state index in [2.05, 4.69) is 12.1 Å². The molecule has 2 N–H and O–H groups in total. The fraction of sp³-hybridized carbons (Fsp3) is 0.188. The number of hydrogen-bond acceptors (Lipinski definition) is 3. The van der Waals surface area contributed by atoms with Gasteiger partial charge in [-0.15, -0.1) is 0 Å². The van der Waals surface area contributed by atoms with E-state index in [1.807, 2.05) is 17.0 Å². The summed E-state index contributed by atoms with van der Waals surface area (Å²) in [5.74, 6) is 0.585. The van der Waals surface area contributed by atoms with Crippen LogP contribution in [0.1, 0.15) is 21.5 Å². The molecular formula is C16H16N2O2. The van der Waals surface area contributed by atoms with Crippen LogP contribution >= 0.6 is 0 Å². The van der Waals surface area contributed by atoms with Crippen molar-refractivity contribution in [1.29, 1.82) is 0 Å². The monoisotopic (exact) mass is 268 g/mol. The normalized spacial score (nSPS) is 13.2. The van der Waals surface area contributed by atoms with E-state index in [0.29, 0.717) is 30.1 Å². The third kappa shape index (κ3) is 2.09. The summed E-state index contributed by atoms with van der Waals surface area (Å²) in [5, 5.41) is 0. The SMILES string of the molecule is COc1ccc(C(=O)N2Cc3ccccc3C2)cc1N. The minimum atomic E-state index is -0.00412. The maximum atomic E-state index is 12.5. The average Bonchev–Trinajstić information content (AvgIpc) is 2.90. The number of hydrogen-bond donors (Lipinski definition) is 1. The molecule has 4 nitrogen and oxygen atoms in total. The van der Waals surface area contributed by atoms with Crippen LogP contribution in [0.5, 0.6) is 5.75 Å². The van der Waals surface area contributed by atoms with Crippen LogP contribution in [-0.2, 0) is 13.1 Å². The highest BCUT2D eigenvalue weighted by molar-refractivity contribution is 5.95. The molecule has 0 unspecified atom stereocenters. The maximum absolute atomic E-state index is 12.5. The van der Waals surface area contributed by atoms with E-state index in [1.54, 1.807) is 25.3 Å². The van der Waals surface area contributed by atoms with E-state index in [4.69, 9.17) is 10.5 Å². The fourth-order valence-corrected chi connectivity index (χ4v) is 2.53. The average molecular weight is 268 g/mol. The van der Waals surface area contributed by atoms with E-state index in [-0.39, 0.29) is 5.91 Å². The molecule has 0 fully saturated rings. The van der Waals surface area contributed by atoms with Gasteiger partial charge in [0.15, 0.2) is 0 Å². The molecule has 0 saturated heterocycles. The van der Waals surface area contributed by atoms with Crippen molar-refractivity contribution in [2.24, 2.45) is 0 Å². The molecule has 0 radical (unpaired) electrons. The summed E-state index contributed by atoms with van der Waals surface area (Å²) in [4.78, 5) is 14.3. The van der Waals surface area contributed by atoms with Crippen LogP contribution in [0.2, 0.25) is 0 Å². The standard InChI is InChI=1S/C16H16N2O2/c1-20-15-7-6-11(8-14(15)17)16(19)18-9-12-4-2-3-5-13(12)10-18/h2-8H,9-10,17H2,1H3. The van der Waals surface area contributed by atoms with Gasteiger partial charge in [0.1, 0.15) is 5.75 Å². The Morgan fingerprint density at radius 2 is 1.80 bits per heavy atom. The van der Waals surface area contributed by atoms with Gasteiger partial charge in [0, 0.05) is 18.7 Å². The zero-order valence-electron chi connectivity index (χ0n) is 11.3. The van der Waals surface area contributed by atoms with Crippen LogP contribution in [0.4, 0.5) is 5.69 Å². The highest BCUT2D eigenvalue weighted by atomic mass is 16.5. The van der Waals surface area contributed by atoms with E-state index >= 15 is 0 Å². The zero-order valence-corrected chi connectivity index (χ0v) is 11.3. The van der Waals surface area contributed by atoms with Gasteiger partial charge in [-0.1, -0.05) is 24.3 Å². The number of anilines is 1. The minimum Gasteiger partial charge on any atom is -0.495 e. The van der Waals surface area contributed by atoms with Crippen molar-refractivity contribution in [2.75, 3.05) is 12.8 Å². The number of nitrogens with two attached hydrogens (primary N) is 1. The summed E-state index contributed by atoms with van der Waals surface area (Å²) in [5.41, 5.74) is 9.35. The third-order valence-corrected chi connectivity index (χ3v) is 3.60. The number of amides is 1. The minimum absolute atomic E-state index is 0.00412. The molecule has 20 heavy (non-hydrogen) atoms. The molecule has 0 aliphatic carbocycles. The summed E-state index contributed by atoms with van der Waals surface area (Å²) in [6.07, 6.45) is 0. The Labute approximate surface area is 117 Å². The van der Waals surface area contributed by atoms with Gasteiger partial charge in [0.05, 0.1) is 12.8 Å². The molecule has 1 aliphatic heterocycles. The topological polar surface area (TPSA) is 55.6 Å². The van der Waals surface area contributed by atoms with Crippen molar-refractivity contribution >= 4 is 11.6 Å². The summed E-state index contributed by atoms with van der Waals surface area (Å²) < 4.78 is 5.11. The second-order valence-electron chi connectivity index (χ2n) is 4.89. The second-order valence-corrected chi connectivity index (χ2v) is 4.89. The van der Waals surface area contributed by atoms with Crippen LogP contribution in [0.3, 0.4) is 0 Å². The van der Waals surface area contributed by atoms with Gasteiger partial charge in [-0.25, -0.2) is 0 Å². The molecule has 0 atom stereocenters. The quantitative estimate of drug-likeness (QED) is 0.851. The third-order valence-electron chi connectivity index (χ3n) is 3.60. The molecule has 1 amide bonds. The van der Waals surface area contributed by atoms with Crippen molar-refractivity contribution < 1.29 is 9.53 Å². The van der Waals surface area contributed by atoms with E-state index < -0.39 is 0 Å². The Morgan fingerprint density at radius 3 is 2.35 bits per heavy atom. The maximum Gasteiger partial charge on any atom is 0.254 e. The van der Waals surface area contributed by atoms with Gasteiger partial charge in [-0.2, -0.15) is 0 Å². The van der Waals surface area contributed by atoms with Crippen molar-refractivity contribution in [3.05, 3.63) is 59.2 Å². The van der Waals surface area contributed by atoms with Crippen molar-refractivity contribution in [3.8, 4) is 5.75 Å². The molecule has 3 rings (SSSR count). The lowest BCUT2D eigenvalue weighted by atomic mass is 10.1. The summed E-state index contributed by atoms with van der Waals surface area (Å²) in [6, 6.07) is 13.3.